The third-order valence-electron chi connectivity index (χ3n) is 4.09. The minimum Gasteiger partial charge on any atom is -0.397 e. The molecule has 2 aromatic carbocycles. The average Bonchev–Trinajstić information content (AvgIpc) is 2.98. The monoisotopic (exact) mass is 383 g/mol. The van der Waals surface area contributed by atoms with Crippen LogP contribution in [0.5, 0.6) is 0 Å². The highest BCUT2D eigenvalue weighted by atomic mass is 35.5. The molecule has 7 heteroatoms. The van der Waals surface area contributed by atoms with Gasteiger partial charge in [0, 0.05) is 5.56 Å². The van der Waals surface area contributed by atoms with Gasteiger partial charge in [-0.1, -0.05) is 53.5 Å². The van der Waals surface area contributed by atoms with Crippen LogP contribution in [0.25, 0.3) is 16.9 Å². The molecule has 0 aliphatic rings. The molecule has 130 valence electrons. The van der Waals surface area contributed by atoms with Crippen molar-refractivity contribution in [3.63, 3.8) is 0 Å². The molecule has 2 heterocycles. The molecule has 0 unspecified atom stereocenters. The quantitative estimate of drug-likeness (QED) is 0.423. The Morgan fingerprint density at radius 1 is 0.846 bits per heavy atom. The van der Waals surface area contributed by atoms with Crippen LogP contribution in [0.15, 0.2) is 60.7 Å². The molecule has 0 saturated heterocycles. The van der Waals surface area contributed by atoms with Gasteiger partial charge in [-0.05, 0) is 30.3 Å². The molecular weight excluding hydrogens is 369 g/mol. The minimum absolute atomic E-state index is 0.500. The number of anilines is 4. The van der Waals surface area contributed by atoms with Gasteiger partial charge in [-0.3, -0.25) is 4.40 Å². The lowest BCUT2D eigenvalue weighted by molar-refractivity contribution is 1.20. The molecule has 0 saturated carbocycles. The summed E-state index contributed by atoms with van der Waals surface area (Å²) in [4.78, 5) is 4.71. The second-order valence-electron chi connectivity index (χ2n) is 5.76. The van der Waals surface area contributed by atoms with Crippen LogP contribution in [0.1, 0.15) is 0 Å². The molecule has 4 aromatic rings. The maximum Gasteiger partial charge on any atom is 0.145 e. The van der Waals surface area contributed by atoms with Gasteiger partial charge in [-0.15, -0.1) is 0 Å². The molecule has 0 amide bonds. The van der Waals surface area contributed by atoms with Crippen LogP contribution in [0.3, 0.4) is 0 Å². The van der Waals surface area contributed by atoms with Gasteiger partial charge in [0.2, 0.25) is 0 Å². The molecular formula is C19H15Cl2N5. The summed E-state index contributed by atoms with van der Waals surface area (Å²) in [6.07, 6.45) is 0. The van der Waals surface area contributed by atoms with Gasteiger partial charge in [0.1, 0.15) is 23.0 Å². The van der Waals surface area contributed by atoms with Crippen molar-refractivity contribution in [3.8, 4) is 11.3 Å². The van der Waals surface area contributed by atoms with E-state index in [2.05, 4.69) is 5.32 Å². The van der Waals surface area contributed by atoms with Gasteiger partial charge >= 0.3 is 0 Å². The van der Waals surface area contributed by atoms with Gasteiger partial charge in [-0.2, -0.15) is 0 Å². The highest BCUT2D eigenvalue weighted by Crippen LogP contribution is 2.39. The van der Waals surface area contributed by atoms with E-state index in [9.17, 15) is 0 Å². The summed E-state index contributed by atoms with van der Waals surface area (Å²) in [6, 6.07) is 18.3. The first-order chi connectivity index (χ1) is 12.6. The van der Waals surface area contributed by atoms with Crippen molar-refractivity contribution in [2.45, 2.75) is 0 Å². The van der Waals surface area contributed by atoms with Crippen LogP contribution in [0.2, 0.25) is 10.0 Å². The Balaban J connectivity index is 2.00. The van der Waals surface area contributed by atoms with E-state index in [0.29, 0.717) is 44.4 Å². The van der Waals surface area contributed by atoms with E-state index >= 15 is 0 Å². The zero-order valence-electron chi connectivity index (χ0n) is 13.6. The number of nitrogens with zero attached hydrogens (tertiary/aromatic N) is 2. The van der Waals surface area contributed by atoms with Crippen LogP contribution >= 0.6 is 23.2 Å². The number of para-hydroxylation sites is 1. The molecule has 4 rings (SSSR count). The molecule has 0 bridgehead atoms. The van der Waals surface area contributed by atoms with Crippen molar-refractivity contribution in [2.24, 2.45) is 0 Å². The van der Waals surface area contributed by atoms with Gasteiger partial charge in [-0.25, -0.2) is 4.98 Å². The Labute approximate surface area is 160 Å². The van der Waals surface area contributed by atoms with Gasteiger partial charge < -0.3 is 16.8 Å². The maximum absolute atomic E-state index is 6.40. The van der Waals surface area contributed by atoms with E-state index in [1.54, 1.807) is 28.7 Å². The van der Waals surface area contributed by atoms with E-state index in [4.69, 9.17) is 39.7 Å². The number of nitrogens with two attached hydrogens (primary N) is 2. The van der Waals surface area contributed by atoms with Crippen molar-refractivity contribution in [1.29, 1.82) is 0 Å². The third kappa shape index (κ3) is 2.71. The predicted molar refractivity (Wildman–Crippen MR) is 109 cm³/mol. The normalized spacial score (nSPS) is 11.0. The molecule has 0 radical (unpaired) electrons. The van der Waals surface area contributed by atoms with Crippen molar-refractivity contribution >= 4 is 51.9 Å². The van der Waals surface area contributed by atoms with Crippen LogP contribution in [-0.2, 0) is 0 Å². The fraction of sp³-hybridized carbons (Fsp3) is 0. The van der Waals surface area contributed by atoms with E-state index in [-0.39, 0.29) is 0 Å². The van der Waals surface area contributed by atoms with E-state index in [0.717, 1.165) is 5.56 Å². The number of hydrogen-bond donors (Lipinski definition) is 3. The first-order valence-electron chi connectivity index (χ1n) is 7.89. The number of rotatable bonds is 3. The summed E-state index contributed by atoms with van der Waals surface area (Å²) in [6.45, 7) is 0. The first-order valence-corrected chi connectivity index (χ1v) is 8.64. The second-order valence-corrected chi connectivity index (χ2v) is 6.58. The molecule has 0 atom stereocenters. The molecule has 5 N–H and O–H groups in total. The fourth-order valence-corrected chi connectivity index (χ4v) is 3.32. The van der Waals surface area contributed by atoms with Crippen molar-refractivity contribution in [1.82, 2.24) is 9.38 Å². The molecule has 2 aromatic heterocycles. The number of benzene rings is 2. The van der Waals surface area contributed by atoms with Crippen molar-refractivity contribution < 1.29 is 0 Å². The standard InChI is InChI=1S/C19H15Cl2N5/c20-12-6-2-1-5-11(12)17-19(25-18-13(21)7-3-8-14(18)22)26-15(23)9-4-10-16(26)24-17/h1-10,25H,22-23H2. The Kier molecular flexibility index (Phi) is 4.11. The predicted octanol–water partition coefficient (Wildman–Crippen LogP) is 5.22. The number of nitrogens with one attached hydrogen (secondary N) is 1. The second kappa shape index (κ2) is 6.44. The highest BCUT2D eigenvalue weighted by molar-refractivity contribution is 6.34. The molecule has 0 aliphatic carbocycles. The van der Waals surface area contributed by atoms with Crippen LogP contribution in [-0.4, -0.2) is 9.38 Å². The van der Waals surface area contributed by atoms with Crippen LogP contribution in [0.4, 0.5) is 23.0 Å². The van der Waals surface area contributed by atoms with Gasteiger partial charge in [0.15, 0.2) is 0 Å². The Hall–Kier alpha value is -2.89. The number of fused-ring (bicyclic) bond motifs is 1. The van der Waals surface area contributed by atoms with Crippen molar-refractivity contribution in [3.05, 3.63) is 70.7 Å². The zero-order chi connectivity index (χ0) is 18.3. The topological polar surface area (TPSA) is 81.4 Å². The lowest BCUT2D eigenvalue weighted by atomic mass is 10.1. The molecule has 5 nitrogen and oxygen atoms in total. The summed E-state index contributed by atoms with van der Waals surface area (Å²) < 4.78 is 1.81. The average molecular weight is 384 g/mol. The Bertz CT molecular complexity index is 1100. The molecule has 0 aliphatic heterocycles. The van der Waals surface area contributed by atoms with Crippen LogP contribution in [0, 0.1) is 0 Å². The Morgan fingerprint density at radius 2 is 1.58 bits per heavy atom. The lowest BCUT2D eigenvalue weighted by Crippen LogP contribution is -2.04. The fourth-order valence-electron chi connectivity index (χ4n) is 2.87. The van der Waals surface area contributed by atoms with E-state index < -0.39 is 0 Å². The number of pyridine rings is 1. The first kappa shape index (κ1) is 16.6. The van der Waals surface area contributed by atoms with Gasteiger partial charge in [0.25, 0.3) is 0 Å². The summed E-state index contributed by atoms with van der Waals surface area (Å²) in [5.41, 5.74) is 15.5. The largest absolute Gasteiger partial charge is 0.397 e. The highest BCUT2D eigenvalue weighted by Gasteiger charge is 2.19. The van der Waals surface area contributed by atoms with E-state index in [1.165, 1.54) is 0 Å². The van der Waals surface area contributed by atoms with Crippen LogP contribution < -0.4 is 16.8 Å². The summed E-state index contributed by atoms with van der Waals surface area (Å²) in [5, 5.41) is 4.39. The lowest BCUT2D eigenvalue weighted by Gasteiger charge is -2.14. The molecule has 0 spiro atoms. The zero-order valence-corrected chi connectivity index (χ0v) is 15.1. The number of aromatic nitrogens is 2. The summed E-state index contributed by atoms with van der Waals surface area (Å²) >= 11 is 12.7. The smallest absolute Gasteiger partial charge is 0.145 e. The summed E-state index contributed by atoms with van der Waals surface area (Å²) in [5.74, 6) is 1.17. The SMILES string of the molecule is Nc1cccc(Cl)c1Nc1c(-c2ccccc2Cl)nc2cccc(N)n12. The molecule has 0 fully saturated rings. The summed E-state index contributed by atoms with van der Waals surface area (Å²) in [7, 11) is 0. The van der Waals surface area contributed by atoms with Crippen molar-refractivity contribution in [2.75, 3.05) is 16.8 Å². The maximum atomic E-state index is 6.40. The van der Waals surface area contributed by atoms with E-state index in [1.807, 2.05) is 36.4 Å². The Morgan fingerprint density at radius 3 is 2.35 bits per heavy atom. The number of hydrogen-bond acceptors (Lipinski definition) is 4. The number of imidazole rings is 1. The third-order valence-corrected chi connectivity index (χ3v) is 4.74. The number of nitrogen functional groups attached to an aromatic ring is 2. The molecule has 26 heavy (non-hydrogen) atoms. The minimum atomic E-state index is 0.500. The number of halogens is 2. The van der Waals surface area contributed by atoms with Gasteiger partial charge in [0.05, 0.1) is 21.4 Å².